The van der Waals surface area contributed by atoms with Crippen LogP contribution in [0.2, 0.25) is 0 Å². The summed E-state index contributed by atoms with van der Waals surface area (Å²) in [6.07, 6.45) is 8.20. The number of carbonyl (C=O) groups is 2. The first-order valence-electron chi connectivity index (χ1n) is 13.4. The first-order valence-corrected chi connectivity index (χ1v) is 13.4. The Bertz CT molecular complexity index is 1560. The van der Waals surface area contributed by atoms with Crippen LogP contribution in [0.15, 0.2) is 108 Å². The second-order valence-electron chi connectivity index (χ2n) is 10.2. The molecule has 1 saturated carbocycles. The maximum Gasteiger partial charge on any atom is 0.505 e. The number of esters is 1. The van der Waals surface area contributed by atoms with Crippen LogP contribution < -0.4 is 5.32 Å². The van der Waals surface area contributed by atoms with E-state index in [1.807, 2.05) is 115 Å². The van der Waals surface area contributed by atoms with Gasteiger partial charge < -0.3 is 9.47 Å². The predicted octanol–water partition coefficient (Wildman–Crippen LogP) is 5.67. The third-order valence-corrected chi connectivity index (χ3v) is 7.70. The number of fused-ring (bicyclic) bond motifs is 1. The lowest BCUT2D eigenvalue weighted by molar-refractivity contribution is -0.482. The number of alkyl carbamates (subject to hydrolysis) is 1. The molecule has 1 unspecified atom stereocenters. The number of aliphatic imine (C=N–C) groups is 1. The summed E-state index contributed by atoms with van der Waals surface area (Å²) in [6, 6.07) is 25.8. The van der Waals surface area contributed by atoms with Gasteiger partial charge in [-0.05, 0) is 54.2 Å². The fourth-order valence-corrected chi connectivity index (χ4v) is 5.26. The Balaban J connectivity index is 1.21. The maximum absolute atomic E-state index is 12.9. The quantitative estimate of drug-likeness (QED) is 0.328. The van der Waals surface area contributed by atoms with Gasteiger partial charge in [-0.3, -0.25) is 4.79 Å². The van der Waals surface area contributed by atoms with Crippen molar-refractivity contribution in [3.63, 3.8) is 0 Å². The Kier molecular flexibility index (Phi) is 6.64. The molecule has 1 aliphatic carbocycles. The molecule has 40 heavy (non-hydrogen) atoms. The Morgan fingerprint density at radius 1 is 0.925 bits per heavy atom. The standard InChI is InChI=1S/C33H29N3O4/c1-22(23-8-4-3-5-9-23)40-32(38)35-30-29(34-28-10-6-7-21-36(28)30)26-13-11-24(12-14-26)25-15-17-27(18-16-25)33(19-20-33)31(37)39-2/h3-18,21-22,28H,19-20H2,1-2H3/p+1/t22-,28?/m1/s1. The van der Waals surface area contributed by atoms with Crippen LogP contribution in [0, 0.1) is 0 Å². The summed E-state index contributed by atoms with van der Waals surface area (Å²) in [6.45, 7) is 1.85. The van der Waals surface area contributed by atoms with E-state index in [1.54, 1.807) is 0 Å². The summed E-state index contributed by atoms with van der Waals surface area (Å²) in [5, 5.41) is 2.94. The van der Waals surface area contributed by atoms with Crippen molar-refractivity contribution in [2.24, 2.45) is 4.99 Å². The van der Waals surface area contributed by atoms with E-state index in [0.717, 1.165) is 40.7 Å². The van der Waals surface area contributed by atoms with Gasteiger partial charge in [0.05, 0.1) is 18.7 Å². The third-order valence-electron chi connectivity index (χ3n) is 7.70. The number of nitrogens with one attached hydrogen (secondary N) is 1. The van der Waals surface area contributed by atoms with Crippen LogP contribution in [-0.2, 0) is 19.7 Å². The molecule has 200 valence electrons. The maximum atomic E-state index is 12.9. The average molecular weight is 533 g/mol. The molecule has 2 aliphatic heterocycles. The van der Waals surface area contributed by atoms with Crippen LogP contribution in [0.5, 0.6) is 0 Å². The third kappa shape index (κ3) is 4.75. The second-order valence-corrected chi connectivity index (χ2v) is 10.2. The lowest BCUT2D eigenvalue weighted by Gasteiger charge is -2.14. The number of carbonyl (C=O) groups excluding carboxylic acids is 2. The average Bonchev–Trinajstić information content (AvgIpc) is 3.74. The minimum absolute atomic E-state index is 0.165. The summed E-state index contributed by atoms with van der Waals surface area (Å²) in [4.78, 5) is 30.0. The number of nitrogens with zero attached hydrogens (tertiary/aromatic N) is 2. The molecule has 1 N–H and O–H groups in total. The summed E-state index contributed by atoms with van der Waals surface area (Å²) in [5.74, 6) is 0.410. The highest BCUT2D eigenvalue weighted by atomic mass is 16.6. The fourth-order valence-electron chi connectivity index (χ4n) is 5.26. The fraction of sp³-hybridized carbons (Fsp3) is 0.212. The van der Waals surface area contributed by atoms with Gasteiger partial charge in [-0.15, -0.1) is 0 Å². The van der Waals surface area contributed by atoms with Crippen LogP contribution in [0.3, 0.4) is 0 Å². The molecular weight excluding hydrogens is 502 g/mol. The van der Waals surface area contributed by atoms with E-state index in [0.29, 0.717) is 11.5 Å². The first kappa shape index (κ1) is 25.5. The van der Waals surface area contributed by atoms with Gasteiger partial charge >= 0.3 is 17.9 Å². The summed E-state index contributed by atoms with van der Waals surface area (Å²) < 4.78 is 12.6. The van der Waals surface area contributed by atoms with E-state index in [2.05, 4.69) is 5.32 Å². The molecule has 6 rings (SSSR count). The summed E-state index contributed by atoms with van der Waals surface area (Å²) >= 11 is 0. The molecule has 0 bridgehead atoms. The Morgan fingerprint density at radius 2 is 1.57 bits per heavy atom. The number of methoxy groups -OCH3 is 1. The highest BCUT2D eigenvalue weighted by Crippen LogP contribution is 2.49. The highest BCUT2D eigenvalue weighted by Gasteiger charge is 2.52. The van der Waals surface area contributed by atoms with Crippen LogP contribution in [0.1, 0.15) is 42.6 Å². The van der Waals surface area contributed by atoms with Gasteiger partial charge in [0.25, 0.3) is 0 Å². The molecule has 0 radical (unpaired) electrons. The zero-order valence-electron chi connectivity index (χ0n) is 22.4. The van der Waals surface area contributed by atoms with Crippen molar-refractivity contribution in [3.05, 3.63) is 120 Å². The molecule has 2 heterocycles. The number of rotatable bonds is 6. The molecular formula is C33H30N3O4+. The molecule has 0 spiro atoms. The predicted molar refractivity (Wildman–Crippen MR) is 153 cm³/mol. The van der Waals surface area contributed by atoms with Crippen molar-refractivity contribution in [1.82, 2.24) is 5.32 Å². The lowest BCUT2D eigenvalue weighted by atomic mass is 9.93. The number of ether oxygens (including phenoxy) is 2. The number of hydrogen-bond donors (Lipinski definition) is 1. The van der Waals surface area contributed by atoms with Crippen molar-refractivity contribution >= 4 is 23.6 Å². The minimum Gasteiger partial charge on any atom is -0.468 e. The minimum atomic E-state index is -0.542. The summed E-state index contributed by atoms with van der Waals surface area (Å²) in [7, 11) is 1.44. The van der Waals surface area contributed by atoms with Crippen LogP contribution in [0.4, 0.5) is 4.79 Å². The van der Waals surface area contributed by atoms with Crippen molar-refractivity contribution in [2.45, 2.75) is 37.5 Å². The van der Waals surface area contributed by atoms with Gasteiger partial charge in [-0.1, -0.05) is 84.9 Å². The van der Waals surface area contributed by atoms with Crippen LogP contribution >= 0.6 is 0 Å². The molecule has 3 aromatic rings. The topological polar surface area (TPSA) is 80.0 Å². The van der Waals surface area contributed by atoms with Gasteiger partial charge in [0.2, 0.25) is 6.17 Å². The SMILES string of the molecule is COC(=O)C1(c2ccc(-c3ccc(C4=NC5C=CC=C[N+]5=C4NC(=O)O[C@H](C)c4ccccc4)cc3)cc2)CC1. The molecule has 1 fully saturated rings. The van der Waals surface area contributed by atoms with E-state index in [4.69, 9.17) is 14.5 Å². The van der Waals surface area contributed by atoms with Gasteiger partial charge in [-0.25, -0.2) is 9.57 Å². The molecule has 0 aromatic heterocycles. The highest BCUT2D eigenvalue weighted by molar-refractivity contribution is 6.48. The van der Waals surface area contributed by atoms with Gasteiger partial charge in [0, 0.05) is 5.56 Å². The van der Waals surface area contributed by atoms with Gasteiger partial charge in [0.1, 0.15) is 6.10 Å². The van der Waals surface area contributed by atoms with E-state index in [1.165, 1.54) is 7.11 Å². The lowest BCUT2D eigenvalue weighted by Crippen LogP contribution is -2.41. The van der Waals surface area contributed by atoms with Gasteiger partial charge in [-0.2, -0.15) is 10.1 Å². The number of amides is 1. The van der Waals surface area contributed by atoms with E-state index in [-0.39, 0.29) is 12.1 Å². The van der Waals surface area contributed by atoms with Gasteiger partial charge in [0.15, 0.2) is 5.71 Å². The molecule has 3 aromatic carbocycles. The number of amidine groups is 1. The van der Waals surface area contributed by atoms with E-state index in [9.17, 15) is 9.59 Å². The largest absolute Gasteiger partial charge is 0.505 e. The van der Waals surface area contributed by atoms with E-state index < -0.39 is 17.6 Å². The summed E-state index contributed by atoms with van der Waals surface area (Å²) in [5.41, 5.74) is 5.09. The molecule has 3 aliphatic rings. The van der Waals surface area contributed by atoms with Crippen molar-refractivity contribution in [2.75, 3.05) is 7.11 Å². The normalized spacial score (nSPS) is 18.9. The molecule has 7 nitrogen and oxygen atoms in total. The Labute approximate surface area is 233 Å². The zero-order valence-corrected chi connectivity index (χ0v) is 22.4. The van der Waals surface area contributed by atoms with Crippen LogP contribution in [0.25, 0.3) is 11.1 Å². The monoisotopic (exact) mass is 532 g/mol. The van der Waals surface area contributed by atoms with E-state index >= 15 is 0 Å². The number of hydrogen-bond acceptors (Lipinski definition) is 5. The second kappa shape index (κ2) is 10.4. The molecule has 2 atom stereocenters. The number of benzene rings is 3. The molecule has 1 amide bonds. The first-order chi connectivity index (χ1) is 19.5. The van der Waals surface area contributed by atoms with Crippen molar-refractivity contribution < 1.29 is 23.6 Å². The molecule has 0 saturated heterocycles. The smallest absolute Gasteiger partial charge is 0.468 e. The Hall–Kier alpha value is -4.78. The van der Waals surface area contributed by atoms with Crippen molar-refractivity contribution in [3.8, 4) is 11.1 Å². The number of allylic oxidation sites excluding steroid dienone is 2. The molecule has 7 heteroatoms. The van der Waals surface area contributed by atoms with Crippen LogP contribution in [-0.4, -0.2) is 41.5 Å². The Morgan fingerprint density at radius 3 is 2.23 bits per heavy atom. The van der Waals surface area contributed by atoms with Crippen molar-refractivity contribution in [1.29, 1.82) is 0 Å². The zero-order chi connectivity index (χ0) is 27.7.